The molecule has 4 nitrogen and oxygen atoms in total. The summed E-state index contributed by atoms with van der Waals surface area (Å²) < 4.78 is 5.01. The largest absolute Gasteiger partial charge is 0.444 e. The Labute approximate surface area is 80.9 Å². The Morgan fingerprint density at radius 1 is 1.69 bits per heavy atom. The van der Waals surface area contributed by atoms with E-state index in [0.29, 0.717) is 5.82 Å². The third-order valence-corrected chi connectivity index (χ3v) is 1.56. The van der Waals surface area contributed by atoms with Crippen LogP contribution in [0.3, 0.4) is 0 Å². The Balaban J connectivity index is 2.43. The third kappa shape index (κ3) is 3.89. The zero-order valence-electron chi connectivity index (χ0n) is 7.75. The van der Waals surface area contributed by atoms with Gasteiger partial charge in [0, 0.05) is 5.38 Å². The Bertz CT molecular complexity index is 277. The molecule has 1 aromatic heterocycles. The highest BCUT2D eigenvalue weighted by atomic mass is 32.1. The van der Waals surface area contributed by atoms with E-state index < -0.39 is 11.7 Å². The quantitative estimate of drug-likeness (QED) is 0.755. The molecule has 1 N–H and O–H groups in total. The number of rotatable bonds is 1. The lowest BCUT2D eigenvalue weighted by Crippen LogP contribution is -2.27. The predicted molar refractivity (Wildman–Crippen MR) is 50.8 cm³/mol. The van der Waals surface area contributed by atoms with E-state index in [1.165, 1.54) is 11.3 Å². The number of carbonyl (C=O) groups excluding carboxylic acids is 1. The molecule has 0 unspecified atom stereocenters. The summed E-state index contributed by atoms with van der Waals surface area (Å²) in [4.78, 5) is 14.9. The molecule has 0 saturated heterocycles. The van der Waals surface area contributed by atoms with Crippen LogP contribution < -0.4 is 5.32 Å². The lowest BCUT2D eigenvalue weighted by molar-refractivity contribution is 0.0635. The number of nitrogens with one attached hydrogen (secondary N) is 1. The van der Waals surface area contributed by atoms with Gasteiger partial charge in [0.15, 0.2) is 5.51 Å². The van der Waals surface area contributed by atoms with Gasteiger partial charge < -0.3 is 4.74 Å². The molecular formula is C8H11N2O2S. The lowest BCUT2D eigenvalue weighted by atomic mass is 10.2. The molecule has 1 amide bonds. The number of aromatic nitrogens is 1. The van der Waals surface area contributed by atoms with Crippen LogP contribution in [0.15, 0.2) is 5.38 Å². The average molecular weight is 199 g/mol. The van der Waals surface area contributed by atoms with Crippen LogP contribution in [0.25, 0.3) is 0 Å². The van der Waals surface area contributed by atoms with Crippen LogP contribution in [0.1, 0.15) is 20.8 Å². The van der Waals surface area contributed by atoms with Crippen LogP contribution in [-0.2, 0) is 4.74 Å². The number of ether oxygens (including phenoxy) is 1. The second-order valence-corrected chi connectivity index (χ2v) is 4.10. The molecule has 0 aromatic carbocycles. The normalized spacial score (nSPS) is 11.0. The van der Waals surface area contributed by atoms with Crippen LogP contribution >= 0.6 is 11.3 Å². The van der Waals surface area contributed by atoms with E-state index in [9.17, 15) is 4.79 Å². The Kier molecular flexibility index (Phi) is 2.87. The van der Waals surface area contributed by atoms with Crippen molar-refractivity contribution in [3.63, 3.8) is 0 Å². The van der Waals surface area contributed by atoms with Gasteiger partial charge >= 0.3 is 6.09 Å². The second-order valence-electron chi connectivity index (χ2n) is 3.45. The zero-order valence-corrected chi connectivity index (χ0v) is 8.57. The van der Waals surface area contributed by atoms with E-state index in [1.807, 2.05) is 0 Å². The standard InChI is InChI=1S/C8H11N2O2S/c1-8(2,3)12-7(11)10-6-4-13-5-9-6/h4H,1-3H3,(H,10,11). The second kappa shape index (κ2) is 3.74. The number of hydrogen-bond donors (Lipinski definition) is 1. The van der Waals surface area contributed by atoms with Crippen LogP contribution in [-0.4, -0.2) is 16.7 Å². The molecule has 0 aliphatic rings. The summed E-state index contributed by atoms with van der Waals surface area (Å²) in [5.41, 5.74) is 2.14. The van der Waals surface area contributed by atoms with E-state index in [4.69, 9.17) is 4.74 Å². The first-order valence-electron chi connectivity index (χ1n) is 3.79. The summed E-state index contributed by atoms with van der Waals surface area (Å²) in [6.45, 7) is 5.42. The first-order chi connectivity index (χ1) is 5.97. The molecule has 1 aromatic rings. The average Bonchev–Trinajstić information content (AvgIpc) is 2.34. The first kappa shape index (κ1) is 9.98. The number of thiazole rings is 1. The number of amides is 1. The van der Waals surface area contributed by atoms with Gasteiger partial charge in [-0.05, 0) is 20.8 Å². The van der Waals surface area contributed by atoms with Gasteiger partial charge in [0.25, 0.3) is 0 Å². The SMILES string of the molecule is CC(C)(C)OC(=O)Nc1cs[c]n1. The third-order valence-electron chi connectivity index (χ3n) is 1.02. The van der Waals surface area contributed by atoms with Crippen molar-refractivity contribution in [2.45, 2.75) is 26.4 Å². The maximum absolute atomic E-state index is 11.1. The summed E-state index contributed by atoms with van der Waals surface area (Å²) in [5, 5.41) is 4.17. The summed E-state index contributed by atoms with van der Waals surface area (Å²) in [5.74, 6) is 0.472. The smallest absolute Gasteiger partial charge is 0.413 e. The molecule has 1 rings (SSSR count). The molecule has 0 bridgehead atoms. The summed E-state index contributed by atoms with van der Waals surface area (Å²) >= 11 is 1.29. The van der Waals surface area contributed by atoms with Gasteiger partial charge in [-0.15, -0.1) is 11.3 Å². The van der Waals surface area contributed by atoms with Crippen molar-refractivity contribution in [1.29, 1.82) is 0 Å². The number of nitrogens with zero attached hydrogens (tertiary/aromatic N) is 1. The molecule has 1 radical (unpaired) electrons. The number of carbonyl (C=O) groups is 1. The van der Waals surface area contributed by atoms with Crippen molar-refractivity contribution in [1.82, 2.24) is 4.98 Å². The van der Waals surface area contributed by atoms with Gasteiger partial charge in [-0.25, -0.2) is 9.78 Å². The van der Waals surface area contributed by atoms with Crippen molar-refractivity contribution in [2.24, 2.45) is 0 Å². The highest BCUT2D eigenvalue weighted by Crippen LogP contribution is 2.10. The monoisotopic (exact) mass is 199 g/mol. The fraction of sp³-hybridized carbons (Fsp3) is 0.500. The van der Waals surface area contributed by atoms with Gasteiger partial charge in [0.1, 0.15) is 11.4 Å². The molecule has 1 heterocycles. The first-order valence-corrected chi connectivity index (χ1v) is 4.67. The highest BCUT2D eigenvalue weighted by Gasteiger charge is 2.16. The summed E-state index contributed by atoms with van der Waals surface area (Å²) in [6.07, 6.45) is -0.494. The zero-order chi connectivity index (χ0) is 9.90. The number of hydrogen-bond acceptors (Lipinski definition) is 4. The maximum atomic E-state index is 11.1. The minimum absolute atomic E-state index is 0.472. The summed E-state index contributed by atoms with van der Waals surface area (Å²) in [7, 11) is 0. The van der Waals surface area contributed by atoms with E-state index in [-0.39, 0.29) is 0 Å². The Morgan fingerprint density at radius 3 is 2.85 bits per heavy atom. The molecule has 0 saturated carbocycles. The molecule has 0 aliphatic carbocycles. The minimum Gasteiger partial charge on any atom is -0.444 e. The van der Waals surface area contributed by atoms with Crippen molar-refractivity contribution in [2.75, 3.05) is 5.32 Å². The van der Waals surface area contributed by atoms with E-state index in [2.05, 4.69) is 15.8 Å². The minimum atomic E-state index is -0.494. The van der Waals surface area contributed by atoms with Gasteiger partial charge in [0.2, 0.25) is 0 Å². The Morgan fingerprint density at radius 2 is 2.38 bits per heavy atom. The Hall–Kier alpha value is -1.10. The molecule has 0 spiro atoms. The fourth-order valence-corrected chi connectivity index (χ4v) is 1.08. The van der Waals surface area contributed by atoms with Gasteiger partial charge in [-0.2, -0.15) is 0 Å². The van der Waals surface area contributed by atoms with Crippen molar-refractivity contribution >= 4 is 23.2 Å². The van der Waals surface area contributed by atoms with E-state index >= 15 is 0 Å². The molecular weight excluding hydrogens is 188 g/mol. The molecule has 71 valence electrons. The fourth-order valence-electron chi connectivity index (χ4n) is 0.650. The highest BCUT2D eigenvalue weighted by molar-refractivity contribution is 7.07. The van der Waals surface area contributed by atoms with Crippen LogP contribution in [0.5, 0.6) is 0 Å². The van der Waals surface area contributed by atoms with E-state index in [1.54, 1.807) is 26.2 Å². The maximum Gasteiger partial charge on any atom is 0.413 e. The molecule has 0 atom stereocenters. The topological polar surface area (TPSA) is 51.2 Å². The van der Waals surface area contributed by atoms with E-state index in [0.717, 1.165) is 0 Å². The number of anilines is 1. The lowest BCUT2D eigenvalue weighted by Gasteiger charge is -2.18. The molecule has 13 heavy (non-hydrogen) atoms. The van der Waals surface area contributed by atoms with Crippen molar-refractivity contribution < 1.29 is 9.53 Å². The van der Waals surface area contributed by atoms with Crippen molar-refractivity contribution in [3.05, 3.63) is 10.9 Å². The van der Waals surface area contributed by atoms with Gasteiger partial charge in [-0.1, -0.05) is 0 Å². The van der Waals surface area contributed by atoms with Crippen LogP contribution in [0, 0.1) is 5.51 Å². The van der Waals surface area contributed by atoms with Gasteiger partial charge in [-0.3, -0.25) is 5.32 Å². The summed E-state index contributed by atoms with van der Waals surface area (Å²) in [6, 6.07) is 0. The molecule has 0 aliphatic heterocycles. The van der Waals surface area contributed by atoms with Crippen LogP contribution in [0.4, 0.5) is 10.6 Å². The van der Waals surface area contributed by atoms with Gasteiger partial charge in [0.05, 0.1) is 0 Å². The molecule has 0 fully saturated rings. The molecule has 5 heteroatoms. The van der Waals surface area contributed by atoms with Crippen molar-refractivity contribution in [3.8, 4) is 0 Å². The predicted octanol–water partition coefficient (Wildman–Crippen LogP) is 2.29. The van der Waals surface area contributed by atoms with Crippen LogP contribution in [0.2, 0.25) is 0 Å².